The third-order valence-corrected chi connectivity index (χ3v) is 4.81. The number of carboxylic acid groups (broad SMARTS) is 1. The van der Waals surface area contributed by atoms with Crippen LogP contribution in [0.15, 0.2) is 23.1 Å². The summed E-state index contributed by atoms with van der Waals surface area (Å²) in [5.74, 6) is -1.03. The van der Waals surface area contributed by atoms with Crippen molar-refractivity contribution in [3.8, 4) is 5.75 Å². The topological polar surface area (TPSA) is 102 Å². The number of carboxylic acids is 1. The van der Waals surface area contributed by atoms with E-state index in [1.54, 1.807) is 0 Å². The normalized spacial score (nSPS) is 18.3. The molecule has 1 heterocycles. The highest BCUT2D eigenvalue weighted by atomic mass is 35.5. The first-order valence-corrected chi connectivity index (χ1v) is 8.50. The Bertz CT molecular complexity index is 642. The van der Waals surface area contributed by atoms with Crippen molar-refractivity contribution in [2.75, 3.05) is 19.8 Å². The van der Waals surface area contributed by atoms with E-state index in [9.17, 15) is 13.2 Å². The number of rotatable bonds is 7. The summed E-state index contributed by atoms with van der Waals surface area (Å²) >= 11 is 5.91. The third-order valence-electron chi connectivity index (χ3n) is 3.09. The second-order valence-corrected chi connectivity index (χ2v) is 6.94. The molecule has 0 aliphatic carbocycles. The molecule has 1 aromatic carbocycles. The molecule has 1 aliphatic heterocycles. The molecule has 0 spiro atoms. The summed E-state index contributed by atoms with van der Waals surface area (Å²) in [5, 5.41) is 8.57. The van der Waals surface area contributed by atoms with Gasteiger partial charge in [0.2, 0.25) is 10.0 Å². The van der Waals surface area contributed by atoms with E-state index >= 15 is 0 Å². The Morgan fingerprint density at radius 3 is 2.86 bits per heavy atom. The SMILES string of the molecule is O=C(O)COc1ccc(S(=O)(=O)NC[C@H]2CCCO2)cc1Cl. The average Bonchev–Trinajstić information content (AvgIpc) is 2.97. The number of nitrogens with one attached hydrogen (secondary N) is 1. The number of hydrogen-bond donors (Lipinski definition) is 2. The number of aliphatic carboxylic acids is 1. The first-order chi connectivity index (χ1) is 10.4. The van der Waals surface area contributed by atoms with E-state index in [-0.39, 0.29) is 28.3 Å². The van der Waals surface area contributed by atoms with E-state index in [4.69, 9.17) is 26.2 Å². The van der Waals surface area contributed by atoms with Crippen molar-refractivity contribution in [2.45, 2.75) is 23.8 Å². The standard InChI is InChI=1S/C13H16ClNO6S/c14-11-6-10(3-4-12(11)21-8-13(16)17)22(18,19)15-7-9-2-1-5-20-9/h3-4,6,9,15H,1-2,5,7-8H2,(H,16,17)/t9-/m1/s1. The van der Waals surface area contributed by atoms with Crippen LogP contribution in [0.2, 0.25) is 5.02 Å². The summed E-state index contributed by atoms with van der Waals surface area (Å²) in [6.07, 6.45) is 1.64. The Morgan fingerprint density at radius 2 is 2.27 bits per heavy atom. The van der Waals surface area contributed by atoms with Crippen LogP contribution in [0.5, 0.6) is 5.75 Å². The van der Waals surface area contributed by atoms with Crippen molar-refractivity contribution in [3.05, 3.63) is 23.2 Å². The van der Waals surface area contributed by atoms with Crippen molar-refractivity contribution < 1.29 is 27.8 Å². The molecule has 9 heteroatoms. The molecule has 0 amide bonds. The molecule has 1 atom stereocenters. The van der Waals surface area contributed by atoms with Crippen LogP contribution < -0.4 is 9.46 Å². The van der Waals surface area contributed by atoms with Gasteiger partial charge in [-0.2, -0.15) is 0 Å². The van der Waals surface area contributed by atoms with E-state index in [2.05, 4.69) is 4.72 Å². The highest BCUT2D eigenvalue weighted by Crippen LogP contribution is 2.27. The number of halogens is 1. The first-order valence-electron chi connectivity index (χ1n) is 6.64. The zero-order chi connectivity index (χ0) is 16.2. The zero-order valence-corrected chi connectivity index (χ0v) is 13.2. The van der Waals surface area contributed by atoms with Crippen LogP contribution in [0.3, 0.4) is 0 Å². The van der Waals surface area contributed by atoms with Gasteiger partial charge in [-0.1, -0.05) is 11.6 Å². The van der Waals surface area contributed by atoms with E-state index in [1.807, 2.05) is 0 Å². The maximum atomic E-state index is 12.2. The van der Waals surface area contributed by atoms with Crippen molar-refractivity contribution in [3.63, 3.8) is 0 Å². The number of carbonyl (C=O) groups is 1. The predicted molar refractivity (Wildman–Crippen MR) is 78.7 cm³/mol. The molecular weight excluding hydrogens is 334 g/mol. The fourth-order valence-corrected chi connectivity index (χ4v) is 3.39. The van der Waals surface area contributed by atoms with Gasteiger partial charge in [0.25, 0.3) is 0 Å². The summed E-state index contributed by atoms with van der Waals surface area (Å²) in [5.41, 5.74) is 0. The van der Waals surface area contributed by atoms with Gasteiger partial charge < -0.3 is 14.6 Å². The fraction of sp³-hybridized carbons (Fsp3) is 0.462. The van der Waals surface area contributed by atoms with Gasteiger partial charge in [0.05, 0.1) is 16.0 Å². The highest BCUT2D eigenvalue weighted by molar-refractivity contribution is 7.89. The van der Waals surface area contributed by atoms with Gasteiger partial charge in [0.1, 0.15) is 5.75 Å². The van der Waals surface area contributed by atoms with Crippen molar-refractivity contribution in [1.29, 1.82) is 0 Å². The van der Waals surface area contributed by atoms with Gasteiger partial charge in [-0.25, -0.2) is 17.9 Å². The van der Waals surface area contributed by atoms with Gasteiger partial charge in [-0.15, -0.1) is 0 Å². The summed E-state index contributed by atoms with van der Waals surface area (Å²) in [6, 6.07) is 3.85. The van der Waals surface area contributed by atoms with Crippen LogP contribution in [0.25, 0.3) is 0 Å². The van der Waals surface area contributed by atoms with Crippen LogP contribution in [-0.2, 0) is 19.6 Å². The lowest BCUT2D eigenvalue weighted by Gasteiger charge is -2.12. The Labute approximate surface area is 133 Å². The molecule has 0 saturated carbocycles. The van der Waals surface area contributed by atoms with Gasteiger partial charge >= 0.3 is 5.97 Å². The van der Waals surface area contributed by atoms with Crippen molar-refractivity contribution in [1.82, 2.24) is 4.72 Å². The minimum atomic E-state index is -3.70. The molecule has 1 aliphatic rings. The molecule has 7 nitrogen and oxygen atoms in total. The van der Waals surface area contributed by atoms with Gasteiger partial charge in [-0.3, -0.25) is 0 Å². The Balaban J connectivity index is 2.03. The summed E-state index contributed by atoms with van der Waals surface area (Å²) in [4.78, 5) is 10.4. The molecule has 0 unspecified atom stereocenters. The summed E-state index contributed by atoms with van der Waals surface area (Å²) in [6.45, 7) is 0.300. The van der Waals surface area contributed by atoms with Crippen LogP contribution in [0, 0.1) is 0 Å². The van der Waals surface area contributed by atoms with E-state index in [1.165, 1.54) is 18.2 Å². The zero-order valence-electron chi connectivity index (χ0n) is 11.6. The van der Waals surface area contributed by atoms with E-state index in [0.717, 1.165) is 12.8 Å². The first kappa shape index (κ1) is 17.0. The van der Waals surface area contributed by atoms with Gasteiger partial charge in [0.15, 0.2) is 6.61 Å². The van der Waals surface area contributed by atoms with Gasteiger partial charge in [-0.05, 0) is 31.0 Å². The maximum Gasteiger partial charge on any atom is 0.341 e. The lowest BCUT2D eigenvalue weighted by molar-refractivity contribution is -0.139. The predicted octanol–water partition coefficient (Wildman–Crippen LogP) is 1.26. The molecule has 0 radical (unpaired) electrons. The van der Waals surface area contributed by atoms with Crippen LogP contribution in [0.4, 0.5) is 0 Å². The molecule has 0 aromatic heterocycles. The smallest absolute Gasteiger partial charge is 0.341 e. The molecule has 122 valence electrons. The lowest BCUT2D eigenvalue weighted by atomic mass is 10.2. The lowest BCUT2D eigenvalue weighted by Crippen LogP contribution is -2.31. The molecule has 1 aromatic rings. The number of benzene rings is 1. The van der Waals surface area contributed by atoms with Crippen LogP contribution in [-0.4, -0.2) is 45.4 Å². The molecule has 2 rings (SSSR count). The minimum Gasteiger partial charge on any atom is -0.480 e. The fourth-order valence-electron chi connectivity index (χ4n) is 2.00. The quantitative estimate of drug-likeness (QED) is 0.768. The Hall–Kier alpha value is -1.35. The second-order valence-electron chi connectivity index (χ2n) is 4.76. The average molecular weight is 350 g/mol. The van der Waals surface area contributed by atoms with Crippen LogP contribution >= 0.6 is 11.6 Å². The molecule has 2 N–H and O–H groups in total. The monoisotopic (exact) mass is 349 g/mol. The molecule has 1 saturated heterocycles. The van der Waals surface area contributed by atoms with Crippen LogP contribution in [0.1, 0.15) is 12.8 Å². The molecule has 22 heavy (non-hydrogen) atoms. The molecule has 1 fully saturated rings. The van der Waals surface area contributed by atoms with E-state index in [0.29, 0.717) is 6.61 Å². The van der Waals surface area contributed by atoms with Crippen molar-refractivity contribution >= 4 is 27.6 Å². The minimum absolute atomic E-state index is 0.0156. The Morgan fingerprint density at radius 1 is 1.50 bits per heavy atom. The Kier molecular flexibility index (Phi) is 5.63. The number of sulfonamides is 1. The maximum absolute atomic E-state index is 12.2. The largest absolute Gasteiger partial charge is 0.480 e. The molecular formula is C13H16ClNO6S. The highest BCUT2D eigenvalue weighted by Gasteiger charge is 2.21. The van der Waals surface area contributed by atoms with Gasteiger partial charge in [0, 0.05) is 13.2 Å². The number of ether oxygens (including phenoxy) is 2. The van der Waals surface area contributed by atoms with Crippen molar-refractivity contribution in [2.24, 2.45) is 0 Å². The molecule has 0 bridgehead atoms. The third kappa shape index (κ3) is 4.57. The summed E-state index contributed by atoms with van der Waals surface area (Å²) in [7, 11) is -3.70. The number of hydrogen-bond acceptors (Lipinski definition) is 5. The second kappa shape index (κ2) is 7.28. The van der Waals surface area contributed by atoms with E-state index < -0.39 is 22.6 Å². The summed E-state index contributed by atoms with van der Waals surface area (Å²) < 4.78 is 37.1.